The van der Waals surface area contributed by atoms with Crippen LogP contribution in [0.3, 0.4) is 0 Å². The summed E-state index contributed by atoms with van der Waals surface area (Å²) in [5.41, 5.74) is 1.79. The fourth-order valence-electron chi connectivity index (χ4n) is 2.42. The highest BCUT2D eigenvalue weighted by Crippen LogP contribution is 2.36. The molecule has 3 rings (SSSR count). The summed E-state index contributed by atoms with van der Waals surface area (Å²) in [5.74, 6) is -1.34. The number of aliphatic hydroxyl groups is 1. The molecular weight excluding hydrogens is 256 g/mol. The van der Waals surface area contributed by atoms with Gasteiger partial charge in [-0.05, 0) is 23.8 Å². The zero-order valence-electron chi connectivity index (χ0n) is 11.0. The molecule has 2 aromatic rings. The van der Waals surface area contributed by atoms with Gasteiger partial charge in [0.05, 0.1) is 12.7 Å². The van der Waals surface area contributed by atoms with Crippen molar-refractivity contribution in [1.29, 1.82) is 0 Å². The van der Waals surface area contributed by atoms with Gasteiger partial charge in [-0.2, -0.15) is 0 Å². The van der Waals surface area contributed by atoms with E-state index in [1.165, 1.54) is 0 Å². The molecule has 1 aliphatic rings. The van der Waals surface area contributed by atoms with Crippen LogP contribution in [0.5, 0.6) is 5.75 Å². The predicted octanol–water partition coefficient (Wildman–Crippen LogP) is 2.25. The van der Waals surface area contributed by atoms with E-state index in [2.05, 4.69) is 0 Å². The number of fused-ring (bicyclic) bond motifs is 1. The Morgan fingerprint density at radius 3 is 2.55 bits per heavy atom. The molecule has 0 fully saturated rings. The van der Waals surface area contributed by atoms with E-state index in [1.807, 2.05) is 12.1 Å². The Kier molecular flexibility index (Phi) is 2.95. The van der Waals surface area contributed by atoms with Crippen molar-refractivity contribution >= 4 is 5.97 Å². The standard InChI is InChI=1S/C16H14O4/c1-19-12-8-6-11(7-9-12)10-16(18)14-5-3-2-4-13(14)15(17)20-16/h2-9,18H,10H2,1H3. The number of hydrogen-bond donors (Lipinski definition) is 1. The molecule has 2 aromatic carbocycles. The summed E-state index contributed by atoms with van der Waals surface area (Å²) in [6.45, 7) is 0. The molecule has 4 nitrogen and oxygen atoms in total. The number of rotatable bonds is 3. The van der Waals surface area contributed by atoms with Crippen molar-refractivity contribution in [3.63, 3.8) is 0 Å². The van der Waals surface area contributed by atoms with E-state index in [-0.39, 0.29) is 6.42 Å². The van der Waals surface area contributed by atoms with Crippen LogP contribution in [0.1, 0.15) is 21.5 Å². The van der Waals surface area contributed by atoms with Gasteiger partial charge < -0.3 is 14.6 Å². The van der Waals surface area contributed by atoms with Gasteiger partial charge in [0.1, 0.15) is 5.75 Å². The molecule has 0 saturated heterocycles. The fourth-order valence-corrected chi connectivity index (χ4v) is 2.42. The van der Waals surface area contributed by atoms with Crippen molar-refractivity contribution in [3.8, 4) is 5.75 Å². The number of benzene rings is 2. The number of cyclic esters (lactones) is 1. The van der Waals surface area contributed by atoms with E-state index < -0.39 is 11.8 Å². The van der Waals surface area contributed by atoms with Crippen LogP contribution in [-0.2, 0) is 16.9 Å². The van der Waals surface area contributed by atoms with Gasteiger partial charge in [-0.15, -0.1) is 0 Å². The lowest BCUT2D eigenvalue weighted by molar-refractivity contribution is -0.161. The first-order chi connectivity index (χ1) is 9.62. The molecule has 1 atom stereocenters. The van der Waals surface area contributed by atoms with Gasteiger partial charge >= 0.3 is 5.97 Å². The summed E-state index contributed by atoms with van der Waals surface area (Å²) in [4.78, 5) is 11.8. The molecule has 0 amide bonds. The number of ether oxygens (including phenoxy) is 2. The molecule has 0 aromatic heterocycles. The summed E-state index contributed by atoms with van der Waals surface area (Å²) in [7, 11) is 1.59. The van der Waals surface area contributed by atoms with Gasteiger partial charge in [-0.25, -0.2) is 4.79 Å². The Morgan fingerprint density at radius 2 is 1.85 bits per heavy atom. The fraction of sp³-hybridized carbons (Fsp3) is 0.188. The lowest BCUT2D eigenvalue weighted by Gasteiger charge is -2.22. The molecule has 1 N–H and O–H groups in total. The summed E-state index contributed by atoms with van der Waals surface area (Å²) >= 11 is 0. The van der Waals surface area contributed by atoms with Crippen molar-refractivity contribution in [2.75, 3.05) is 7.11 Å². The Balaban J connectivity index is 1.92. The van der Waals surface area contributed by atoms with Crippen LogP contribution in [0, 0.1) is 0 Å². The highest BCUT2D eigenvalue weighted by atomic mass is 16.7. The Bertz CT molecular complexity index is 648. The Hall–Kier alpha value is -2.33. The second-order valence-corrected chi connectivity index (χ2v) is 4.74. The molecule has 1 aliphatic heterocycles. The molecule has 4 heteroatoms. The average Bonchev–Trinajstić information content (AvgIpc) is 2.72. The number of carbonyl (C=O) groups excluding carboxylic acids is 1. The van der Waals surface area contributed by atoms with Crippen LogP contribution in [-0.4, -0.2) is 18.2 Å². The summed E-state index contributed by atoms with van der Waals surface area (Å²) in [6, 6.07) is 14.2. The molecule has 0 spiro atoms. The Morgan fingerprint density at radius 1 is 1.15 bits per heavy atom. The SMILES string of the molecule is COc1ccc(CC2(O)OC(=O)c3ccccc32)cc1. The van der Waals surface area contributed by atoms with Gasteiger partial charge in [-0.1, -0.05) is 30.3 Å². The van der Waals surface area contributed by atoms with Crippen LogP contribution in [0.25, 0.3) is 0 Å². The first-order valence-electron chi connectivity index (χ1n) is 6.30. The van der Waals surface area contributed by atoms with Crippen LogP contribution >= 0.6 is 0 Å². The maximum absolute atomic E-state index is 11.8. The third-order valence-electron chi connectivity index (χ3n) is 3.43. The van der Waals surface area contributed by atoms with Gasteiger partial charge in [0.15, 0.2) is 0 Å². The zero-order valence-corrected chi connectivity index (χ0v) is 11.0. The second kappa shape index (κ2) is 4.65. The molecular formula is C16H14O4. The minimum atomic E-state index is -1.59. The smallest absolute Gasteiger partial charge is 0.341 e. The van der Waals surface area contributed by atoms with E-state index in [0.717, 1.165) is 11.3 Å². The minimum Gasteiger partial charge on any atom is -0.497 e. The van der Waals surface area contributed by atoms with Crippen LogP contribution in [0.2, 0.25) is 0 Å². The lowest BCUT2D eigenvalue weighted by atomic mass is 9.96. The van der Waals surface area contributed by atoms with Crippen molar-refractivity contribution in [2.45, 2.75) is 12.2 Å². The molecule has 102 valence electrons. The first-order valence-corrected chi connectivity index (χ1v) is 6.30. The van der Waals surface area contributed by atoms with Crippen LogP contribution in [0.4, 0.5) is 0 Å². The number of carbonyl (C=O) groups is 1. The molecule has 1 heterocycles. The molecule has 0 aliphatic carbocycles. The van der Waals surface area contributed by atoms with Gasteiger partial charge in [0.2, 0.25) is 5.79 Å². The first kappa shape index (κ1) is 12.7. The molecule has 0 radical (unpaired) electrons. The normalized spacial score (nSPS) is 20.4. The van der Waals surface area contributed by atoms with Gasteiger partial charge in [0, 0.05) is 12.0 Å². The minimum absolute atomic E-state index is 0.208. The van der Waals surface area contributed by atoms with E-state index in [9.17, 15) is 9.90 Å². The number of methoxy groups -OCH3 is 1. The summed E-state index contributed by atoms with van der Waals surface area (Å²) in [5, 5.41) is 10.6. The predicted molar refractivity (Wildman–Crippen MR) is 72.5 cm³/mol. The van der Waals surface area contributed by atoms with Gasteiger partial charge in [0.25, 0.3) is 0 Å². The van der Waals surface area contributed by atoms with Crippen LogP contribution < -0.4 is 4.74 Å². The maximum Gasteiger partial charge on any atom is 0.341 e. The van der Waals surface area contributed by atoms with Crippen molar-refractivity contribution in [2.24, 2.45) is 0 Å². The summed E-state index contributed by atoms with van der Waals surface area (Å²) in [6.07, 6.45) is 0.208. The largest absolute Gasteiger partial charge is 0.497 e. The van der Waals surface area contributed by atoms with Crippen molar-refractivity contribution in [3.05, 3.63) is 65.2 Å². The summed E-state index contributed by atoms with van der Waals surface area (Å²) < 4.78 is 10.3. The molecule has 0 bridgehead atoms. The van der Waals surface area contributed by atoms with Crippen LogP contribution in [0.15, 0.2) is 48.5 Å². The molecule has 1 unspecified atom stereocenters. The van der Waals surface area contributed by atoms with E-state index in [4.69, 9.17) is 9.47 Å². The van der Waals surface area contributed by atoms with Crippen molar-refractivity contribution < 1.29 is 19.4 Å². The van der Waals surface area contributed by atoms with E-state index in [1.54, 1.807) is 43.5 Å². The number of esters is 1. The third kappa shape index (κ3) is 2.04. The zero-order chi connectivity index (χ0) is 14.2. The molecule has 0 saturated carbocycles. The quantitative estimate of drug-likeness (QED) is 0.869. The third-order valence-corrected chi connectivity index (χ3v) is 3.43. The topological polar surface area (TPSA) is 55.8 Å². The lowest BCUT2D eigenvalue weighted by Crippen LogP contribution is -2.28. The highest BCUT2D eigenvalue weighted by Gasteiger charge is 2.43. The van der Waals surface area contributed by atoms with E-state index in [0.29, 0.717) is 11.1 Å². The second-order valence-electron chi connectivity index (χ2n) is 4.74. The molecule has 20 heavy (non-hydrogen) atoms. The highest BCUT2D eigenvalue weighted by molar-refractivity contribution is 5.94. The van der Waals surface area contributed by atoms with E-state index >= 15 is 0 Å². The average molecular weight is 270 g/mol. The Labute approximate surface area is 116 Å². The monoisotopic (exact) mass is 270 g/mol. The van der Waals surface area contributed by atoms with Gasteiger partial charge in [-0.3, -0.25) is 0 Å². The van der Waals surface area contributed by atoms with Crippen molar-refractivity contribution in [1.82, 2.24) is 0 Å². The maximum atomic E-state index is 11.8. The number of hydrogen-bond acceptors (Lipinski definition) is 4.